The second kappa shape index (κ2) is 6.05. The molecule has 1 aromatic rings. The molecule has 7 nitrogen and oxygen atoms in total. The van der Waals surface area contributed by atoms with Crippen molar-refractivity contribution >= 4 is 6.09 Å². The zero-order valence-electron chi connectivity index (χ0n) is 12.9. The molecular formula is C14H19FN2O5. The summed E-state index contributed by atoms with van der Waals surface area (Å²) in [7, 11) is 1.38. The molecule has 1 saturated heterocycles. The highest BCUT2D eigenvalue weighted by molar-refractivity contribution is 5.68. The van der Waals surface area contributed by atoms with E-state index < -0.39 is 29.8 Å². The molecule has 0 aliphatic carbocycles. The van der Waals surface area contributed by atoms with Gasteiger partial charge in [0.15, 0.2) is 6.29 Å². The Balaban J connectivity index is 2.32. The van der Waals surface area contributed by atoms with Crippen LogP contribution >= 0.6 is 0 Å². The van der Waals surface area contributed by atoms with E-state index in [1.165, 1.54) is 13.2 Å². The fraction of sp³-hybridized carbons (Fsp3) is 0.571. The molecule has 0 saturated carbocycles. The smallest absolute Gasteiger partial charge is 0.435 e. The number of hydrogen-bond donors (Lipinski definition) is 1. The Kier molecular flexibility index (Phi) is 4.52. The van der Waals surface area contributed by atoms with E-state index in [0.29, 0.717) is 5.56 Å². The Labute approximate surface area is 127 Å². The summed E-state index contributed by atoms with van der Waals surface area (Å²) in [6, 6.07) is 0.429. The Bertz CT molecular complexity index is 561. The Morgan fingerprint density at radius 2 is 2.23 bits per heavy atom. The average molecular weight is 314 g/mol. The maximum Gasteiger partial charge on any atom is 0.435 e. The minimum absolute atomic E-state index is 0.0563. The van der Waals surface area contributed by atoms with Gasteiger partial charge < -0.3 is 14.6 Å². The molecule has 2 rings (SSSR count). The van der Waals surface area contributed by atoms with E-state index >= 15 is 0 Å². The van der Waals surface area contributed by atoms with Gasteiger partial charge in [-0.1, -0.05) is 0 Å². The van der Waals surface area contributed by atoms with Crippen LogP contribution in [-0.2, 0) is 9.57 Å². The molecule has 1 aliphatic rings. The van der Waals surface area contributed by atoms with Crippen molar-refractivity contribution in [2.24, 2.45) is 0 Å². The Hall–Kier alpha value is -1.93. The molecule has 0 bridgehead atoms. The van der Waals surface area contributed by atoms with Gasteiger partial charge in [-0.15, -0.1) is 0 Å². The lowest BCUT2D eigenvalue weighted by molar-refractivity contribution is -0.207. The number of carbonyl (C=O) groups excluding carboxylic acids is 1. The number of methoxy groups -OCH3 is 1. The maximum absolute atomic E-state index is 13.5. The predicted molar refractivity (Wildman–Crippen MR) is 73.3 cm³/mol. The van der Waals surface area contributed by atoms with E-state index in [0.717, 1.165) is 11.3 Å². The molecule has 1 amide bonds. The van der Waals surface area contributed by atoms with Crippen molar-refractivity contribution in [2.45, 2.75) is 45.1 Å². The molecule has 0 aromatic carbocycles. The summed E-state index contributed by atoms with van der Waals surface area (Å²) in [4.78, 5) is 21.1. The van der Waals surface area contributed by atoms with Gasteiger partial charge in [0.1, 0.15) is 11.4 Å². The molecule has 1 unspecified atom stereocenters. The number of hydroxylamine groups is 2. The highest BCUT2D eigenvalue weighted by atomic mass is 19.1. The van der Waals surface area contributed by atoms with E-state index in [9.17, 15) is 14.3 Å². The van der Waals surface area contributed by atoms with Crippen molar-refractivity contribution < 1.29 is 28.6 Å². The van der Waals surface area contributed by atoms with Crippen molar-refractivity contribution in [1.82, 2.24) is 10.0 Å². The molecule has 2 heterocycles. The molecule has 2 atom stereocenters. The van der Waals surface area contributed by atoms with Gasteiger partial charge in [-0.2, -0.15) is 5.06 Å². The van der Waals surface area contributed by atoms with Crippen LogP contribution in [0.3, 0.4) is 0 Å². The van der Waals surface area contributed by atoms with Gasteiger partial charge in [-0.25, -0.2) is 19.0 Å². The number of halogens is 1. The number of aliphatic hydroxyl groups is 1. The topological polar surface area (TPSA) is 81.1 Å². The first-order chi connectivity index (χ1) is 10.2. The normalized spacial score (nSPS) is 21.8. The predicted octanol–water partition coefficient (Wildman–Crippen LogP) is 2.16. The lowest BCUT2D eigenvalue weighted by atomic mass is 10.1. The molecule has 1 aliphatic heterocycles. The molecule has 1 aromatic heterocycles. The zero-order valence-corrected chi connectivity index (χ0v) is 12.9. The van der Waals surface area contributed by atoms with Crippen molar-refractivity contribution in [3.8, 4) is 5.88 Å². The van der Waals surface area contributed by atoms with Gasteiger partial charge in [0.25, 0.3) is 0 Å². The molecule has 1 N–H and O–H groups in total. The van der Waals surface area contributed by atoms with Crippen molar-refractivity contribution in [3.05, 3.63) is 23.6 Å². The highest BCUT2D eigenvalue weighted by Gasteiger charge is 2.41. The van der Waals surface area contributed by atoms with E-state index in [-0.39, 0.29) is 12.3 Å². The average Bonchev–Trinajstić information content (AvgIpc) is 2.79. The van der Waals surface area contributed by atoms with E-state index in [4.69, 9.17) is 14.3 Å². The third kappa shape index (κ3) is 3.63. The number of ether oxygens (including phenoxy) is 2. The first kappa shape index (κ1) is 16.4. The van der Waals surface area contributed by atoms with Crippen molar-refractivity contribution in [1.29, 1.82) is 0 Å². The number of nitrogens with zero attached hydrogens (tertiary/aromatic N) is 2. The van der Waals surface area contributed by atoms with E-state index in [1.807, 2.05) is 0 Å². The largest absolute Gasteiger partial charge is 0.481 e. The summed E-state index contributed by atoms with van der Waals surface area (Å²) in [5.41, 5.74) is -0.437. The van der Waals surface area contributed by atoms with Crippen LogP contribution in [-0.4, -0.2) is 40.2 Å². The lowest BCUT2D eigenvalue weighted by Gasteiger charge is -2.27. The fourth-order valence-corrected chi connectivity index (χ4v) is 2.12. The number of carbonyl (C=O) groups is 1. The van der Waals surface area contributed by atoms with Gasteiger partial charge in [0.2, 0.25) is 5.88 Å². The molecule has 1 fully saturated rings. The number of amides is 1. The highest BCUT2D eigenvalue weighted by Crippen LogP contribution is 2.38. The SMILES string of the molecule is COc1ncc(F)cc1[C@H]1CC(O)ON1C(=O)OC(C)(C)C. The van der Waals surface area contributed by atoms with Crippen molar-refractivity contribution in [2.75, 3.05) is 7.11 Å². The third-order valence-electron chi connectivity index (χ3n) is 2.91. The second-order valence-electron chi connectivity index (χ2n) is 5.87. The van der Waals surface area contributed by atoms with Crippen molar-refractivity contribution in [3.63, 3.8) is 0 Å². The first-order valence-electron chi connectivity index (χ1n) is 6.78. The van der Waals surface area contributed by atoms with Crippen LogP contribution in [0, 0.1) is 5.82 Å². The van der Waals surface area contributed by atoms with Gasteiger partial charge in [0, 0.05) is 12.0 Å². The van der Waals surface area contributed by atoms with E-state index in [2.05, 4.69) is 4.98 Å². The monoisotopic (exact) mass is 314 g/mol. The number of aromatic nitrogens is 1. The number of pyridine rings is 1. The summed E-state index contributed by atoms with van der Waals surface area (Å²) in [5, 5.41) is 10.6. The standard InChI is InChI=1S/C14H19FN2O5/c1-14(2,3)21-13(19)17-10(6-11(18)22-17)9-5-8(15)7-16-12(9)20-4/h5,7,10-11,18H,6H2,1-4H3/t10-,11?/m1/s1. The summed E-state index contributed by atoms with van der Waals surface area (Å²) < 4.78 is 23.8. The molecule has 122 valence electrons. The maximum atomic E-state index is 13.5. The van der Waals surface area contributed by atoms with Gasteiger partial charge in [-0.3, -0.25) is 0 Å². The first-order valence-corrected chi connectivity index (χ1v) is 6.78. The van der Waals surface area contributed by atoms with Gasteiger partial charge >= 0.3 is 6.09 Å². The summed E-state index contributed by atoms with van der Waals surface area (Å²) in [5.74, 6) is -0.431. The van der Waals surface area contributed by atoms with Crippen LogP contribution in [0.4, 0.5) is 9.18 Å². The van der Waals surface area contributed by atoms with E-state index in [1.54, 1.807) is 20.8 Å². The second-order valence-corrected chi connectivity index (χ2v) is 5.87. The molecule has 0 spiro atoms. The number of aliphatic hydroxyl groups excluding tert-OH is 1. The molecule has 0 radical (unpaired) electrons. The van der Waals surface area contributed by atoms with Gasteiger partial charge in [-0.05, 0) is 26.8 Å². The number of rotatable bonds is 2. The van der Waals surface area contributed by atoms with Crippen LogP contribution in [0.5, 0.6) is 5.88 Å². The minimum atomic E-state index is -1.20. The summed E-state index contributed by atoms with van der Waals surface area (Å²) >= 11 is 0. The van der Waals surface area contributed by atoms with Crippen LogP contribution in [0.25, 0.3) is 0 Å². The lowest BCUT2D eigenvalue weighted by Crippen LogP contribution is -2.36. The number of hydrogen-bond acceptors (Lipinski definition) is 6. The van der Waals surface area contributed by atoms with Crippen LogP contribution in [0.1, 0.15) is 38.8 Å². The van der Waals surface area contributed by atoms with Crippen LogP contribution < -0.4 is 4.74 Å². The Morgan fingerprint density at radius 3 is 2.82 bits per heavy atom. The van der Waals surface area contributed by atoms with Crippen LogP contribution in [0.15, 0.2) is 12.3 Å². The Morgan fingerprint density at radius 1 is 1.55 bits per heavy atom. The quantitative estimate of drug-likeness (QED) is 0.901. The van der Waals surface area contributed by atoms with Crippen LogP contribution in [0.2, 0.25) is 0 Å². The third-order valence-corrected chi connectivity index (χ3v) is 2.91. The molecule has 8 heteroatoms. The van der Waals surface area contributed by atoms with Gasteiger partial charge in [0.05, 0.1) is 19.3 Å². The summed E-state index contributed by atoms with van der Waals surface area (Å²) in [6.45, 7) is 5.12. The molecule has 22 heavy (non-hydrogen) atoms. The molecular weight excluding hydrogens is 295 g/mol. The fourth-order valence-electron chi connectivity index (χ4n) is 2.12. The zero-order chi connectivity index (χ0) is 16.5. The summed E-state index contributed by atoms with van der Waals surface area (Å²) in [6.07, 6.45) is -0.918. The minimum Gasteiger partial charge on any atom is -0.481 e.